The fourth-order valence-electron chi connectivity index (χ4n) is 2.59. The maximum absolute atomic E-state index is 11.5. The lowest BCUT2D eigenvalue weighted by Gasteiger charge is -2.40. The summed E-state index contributed by atoms with van der Waals surface area (Å²) in [4.78, 5) is 44.5. The van der Waals surface area contributed by atoms with Crippen molar-refractivity contribution < 1.29 is 43.0 Å². The fraction of sp³-hybridized carbons (Fsp3) is 0.471. The van der Waals surface area contributed by atoms with E-state index in [0.717, 1.165) is 13.8 Å². The Bertz CT molecular complexity index is 747. The monoisotopic (exact) mass is 397 g/mol. The van der Waals surface area contributed by atoms with E-state index in [2.05, 4.69) is 0 Å². The maximum atomic E-state index is 11.5. The van der Waals surface area contributed by atoms with Crippen molar-refractivity contribution >= 4 is 23.6 Å². The predicted molar refractivity (Wildman–Crippen MR) is 90.1 cm³/mol. The molecule has 4 unspecified atom stereocenters. The molecule has 0 aromatic heterocycles. The van der Waals surface area contributed by atoms with Crippen molar-refractivity contribution in [2.75, 3.05) is 6.61 Å². The minimum atomic E-state index is -1.24. The number of hydrogen-bond acceptors (Lipinski definition) is 10. The number of carbonyl (C=O) groups is 3. The second kappa shape index (κ2) is 9.13. The zero-order valence-corrected chi connectivity index (χ0v) is 15.4. The Labute approximate surface area is 159 Å². The van der Waals surface area contributed by atoms with Crippen molar-refractivity contribution in [2.45, 2.75) is 45.4 Å². The van der Waals surface area contributed by atoms with E-state index in [1.54, 1.807) is 0 Å². The summed E-state index contributed by atoms with van der Waals surface area (Å²) in [6, 6.07) is 5.13. The first-order valence-electron chi connectivity index (χ1n) is 8.21. The molecule has 11 heteroatoms. The average Bonchev–Trinajstić information content (AvgIpc) is 2.59. The van der Waals surface area contributed by atoms with Gasteiger partial charge in [0.05, 0.1) is 11.5 Å². The Kier molecular flexibility index (Phi) is 6.88. The summed E-state index contributed by atoms with van der Waals surface area (Å²) in [6.45, 7) is 3.28. The minimum Gasteiger partial charge on any atom is -0.461 e. The third-order valence-corrected chi connectivity index (χ3v) is 3.60. The van der Waals surface area contributed by atoms with Crippen molar-refractivity contribution in [3.05, 3.63) is 34.4 Å². The Hall–Kier alpha value is -3.21. The molecule has 0 saturated carbocycles. The number of benzene rings is 1. The standard InChI is InChI=1S/C17H19NO10/c1-9(19)25-14-8-24-17(16(27-11(3)21)15(14)26-10(2)20)28-13-6-4-12(5-7-13)18(22)23/h4-7,14-17H,8H2,1-3H3. The second-order valence-corrected chi connectivity index (χ2v) is 5.87. The van der Waals surface area contributed by atoms with E-state index in [1.807, 2.05) is 0 Å². The SMILES string of the molecule is CC(=O)OC1COC(Oc2ccc([N+](=O)[O-])cc2)C(OC(C)=O)C1OC(C)=O. The van der Waals surface area contributed by atoms with E-state index < -0.39 is 47.4 Å². The van der Waals surface area contributed by atoms with Crippen molar-refractivity contribution in [2.24, 2.45) is 0 Å². The van der Waals surface area contributed by atoms with E-state index in [0.29, 0.717) is 0 Å². The van der Waals surface area contributed by atoms with Crippen LogP contribution in [0.25, 0.3) is 0 Å². The molecule has 4 atom stereocenters. The molecule has 0 aliphatic carbocycles. The van der Waals surface area contributed by atoms with Gasteiger partial charge in [-0.15, -0.1) is 0 Å². The number of ether oxygens (including phenoxy) is 5. The Morgan fingerprint density at radius 1 is 0.964 bits per heavy atom. The topological polar surface area (TPSA) is 141 Å². The molecule has 1 heterocycles. The number of nitro groups is 1. The number of esters is 3. The molecule has 1 aliphatic heterocycles. The molecule has 1 aromatic rings. The summed E-state index contributed by atoms with van der Waals surface area (Å²) < 4.78 is 26.6. The molecular weight excluding hydrogens is 378 g/mol. The lowest BCUT2D eigenvalue weighted by Crippen LogP contribution is -2.59. The number of rotatable bonds is 6. The molecule has 152 valence electrons. The first kappa shape index (κ1) is 21.1. The summed E-state index contributed by atoms with van der Waals surface area (Å²) in [5.41, 5.74) is -0.138. The second-order valence-electron chi connectivity index (χ2n) is 5.87. The van der Waals surface area contributed by atoms with Crippen LogP contribution >= 0.6 is 0 Å². The Morgan fingerprint density at radius 3 is 2.00 bits per heavy atom. The van der Waals surface area contributed by atoms with Gasteiger partial charge in [0.15, 0.2) is 12.2 Å². The van der Waals surface area contributed by atoms with Crippen LogP contribution in [0.5, 0.6) is 5.75 Å². The average molecular weight is 397 g/mol. The first-order valence-corrected chi connectivity index (χ1v) is 8.21. The summed E-state index contributed by atoms with van der Waals surface area (Å²) in [5, 5.41) is 10.7. The highest BCUT2D eigenvalue weighted by Crippen LogP contribution is 2.27. The number of non-ortho nitro benzene ring substituents is 1. The molecule has 0 radical (unpaired) electrons. The zero-order chi connectivity index (χ0) is 20.8. The molecule has 28 heavy (non-hydrogen) atoms. The van der Waals surface area contributed by atoms with Gasteiger partial charge in [-0.1, -0.05) is 0 Å². The van der Waals surface area contributed by atoms with Gasteiger partial charge in [-0.25, -0.2) is 0 Å². The van der Waals surface area contributed by atoms with Crippen LogP contribution in [0, 0.1) is 10.1 Å². The van der Waals surface area contributed by atoms with Crippen LogP contribution < -0.4 is 4.74 Å². The van der Waals surface area contributed by atoms with Gasteiger partial charge in [0.25, 0.3) is 5.69 Å². The van der Waals surface area contributed by atoms with E-state index >= 15 is 0 Å². The molecule has 1 fully saturated rings. The van der Waals surface area contributed by atoms with Crippen LogP contribution in [0.3, 0.4) is 0 Å². The van der Waals surface area contributed by atoms with Crippen molar-refractivity contribution in [1.29, 1.82) is 0 Å². The first-order chi connectivity index (χ1) is 13.2. The van der Waals surface area contributed by atoms with E-state index in [-0.39, 0.29) is 18.0 Å². The van der Waals surface area contributed by atoms with Crippen LogP contribution in [-0.4, -0.2) is 54.0 Å². The van der Waals surface area contributed by atoms with E-state index in [9.17, 15) is 24.5 Å². The van der Waals surface area contributed by atoms with Crippen molar-refractivity contribution in [1.82, 2.24) is 0 Å². The normalized spacial score (nSPS) is 24.0. The van der Waals surface area contributed by atoms with Crippen LogP contribution in [-0.2, 0) is 33.3 Å². The van der Waals surface area contributed by atoms with Crippen molar-refractivity contribution in [3.8, 4) is 5.75 Å². The van der Waals surface area contributed by atoms with Crippen LogP contribution in [0.15, 0.2) is 24.3 Å². The molecule has 0 amide bonds. The van der Waals surface area contributed by atoms with Crippen LogP contribution in [0.2, 0.25) is 0 Å². The van der Waals surface area contributed by atoms with Gasteiger partial charge in [-0.3, -0.25) is 24.5 Å². The summed E-state index contributed by atoms with van der Waals surface area (Å²) in [5.74, 6) is -1.83. The molecule has 0 N–H and O–H groups in total. The van der Waals surface area contributed by atoms with Gasteiger partial charge in [-0.05, 0) is 12.1 Å². The van der Waals surface area contributed by atoms with Gasteiger partial charge in [0.1, 0.15) is 5.75 Å². The molecule has 1 aromatic carbocycles. The molecule has 1 aliphatic rings. The lowest BCUT2D eigenvalue weighted by atomic mass is 10.0. The third-order valence-electron chi connectivity index (χ3n) is 3.60. The van der Waals surface area contributed by atoms with Gasteiger partial charge >= 0.3 is 17.9 Å². The largest absolute Gasteiger partial charge is 0.461 e. The van der Waals surface area contributed by atoms with E-state index in [4.69, 9.17) is 23.7 Å². The van der Waals surface area contributed by atoms with Crippen LogP contribution in [0.1, 0.15) is 20.8 Å². The highest BCUT2D eigenvalue weighted by molar-refractivity contribution is 5.68. The number of hydrogen-bond donors (Lipinski definition) is 0. The van der Waals surface area contributed by atoms with Gasteiger partial charge in [-0.2, -0.15) is 0 Å². The fourth-order valence-corrected chi connectivity index (χ4v) is 2.59. The minimum absolute atomic E-state index is 0.138. The number of nitrogens with zero attached hydrogens (tertiary/aromatic N) is 1. The molecule has 0 bridgehead atoms. The summed E-state index contributed by atoms with van der Waals surface area (Å²) in [6.07, 6.45) is -4.62. The Morgan fingerprint density at radius 2 is 1.50 bits per heavy atom. The highest BCUT2D eigenvalue weighted by Gasteiger charge is 2.48. The third kappa shape index (κ3) is 5.64. The molecule has 11 nitrogen and oxygen atoms in total. The lowest BCUT2D eigenvalue weighted by molar-refractivity contribution is -0.384. The number of carbonyl (C=O) groups excluding carboxylic acids is 3. The predicted octanol–water partition coefficient (Wildman–Crippen LogP) is 1.12. The van der Waals surface area contributed by atoms with Gasteiger partial charge in [0, 0.05) is 32.9 Å². The van der Waals surface area contributed by atoms with Crippen LogP contribution in [0.4, 0.5) is 5.69 Å². The Balaban J connectivity index is 2.25. The molecule has 2 rings (SSSR count). The van der Waals surface area contributed by atoms with E-state index in [1.165, 1.54) is 31.2 Å². The quantitative estimate of drug-likeness (QED) is 0.297. The smallest absolute Gasteiger partial charge is 0.303 e. The van der Waals surface area contributed by atoms with Gasteiger partial charge < -0.3 is 23.7 Å². The molecule has 0 spiro atoms. The summed E-state index contributed by atoms with van der Waals surface area (Å²) in [7, 11) is 0. The summed E-state index contributed by atoms with van der Waals surface area (Å²) >= 11 is 0. The molecular formula is C17H19NO10. The van der Waals surface area contributed by atoms with Gasteiger partial charge in [0.2, 0.25) is 12.4 Å². The van der Waals surface area contributed by atoms with Crippen molar-refractivity contribution in [3.63, 3.8) is 0 Å². The highest BCUT2D eigenvalue weighted by atomic mass is 16.7. The molecule has 1 saturated heterocycles. The maximum Gasteiger partial charge on any atom is 0.303 e. The zero-order valence-electron chi connectivity index (χ0n) is 15.4. The number of nitro benzene ring substituents is 1.